The Morgan fingerprint density at radius 2 is 1.84 bits per heavy atom. The summed E-state index contributed by atoms with van der Waals surface area (Å²) < 4.78 is 13.8. The zero-order chi connectivity index (χ0) is 13.2. The first kappa shape index (κ1) is 12.0. The smallest absolute Gasteiger partial charge is 0.148 e. The number of nitrogens with one attached hydrogen (secondary N) is 1. The van der Waals surface area contributed by atoms with Crippen LogP contribution in [-0.2, 0) is 12.8 Å². The summed E-state index contributed by atoms with van der Waals surface area (Å²) in [5.74, 6) is -0.312. The van der Waals surface area contributed by atoms with E-state index in [0.29, 0.717) is 11.4 Å². The molecule has 2 aromatic rings. The van der Waals surface area contributed by atoms with Gasteiger partial charge in [0.25, 0.3) is 0 Å². The van der Waals surface area contributed by atoms with Gasteiger partial charge in [-0.2, -0.15) is 0 Å². The molecule has 1 aliphatic carbocycles. The highest BCUT2D eigenvalue weighted by molar-refractivity contribution is 5.67. The monoisotopic (exact) mass is 256 g/mol. The van der Waals surface area contributed by atoms with Crippen molar-refractivity contribution in [2.24, 2.45) is 0 Å². The molecule has 0 radical (unpaired) electrons. The lowest BCUT2D eigenvalue weighted by Gasteiger charge is -2.20. The molecule has 0 unspecified atom stereocenters. The number of hydrogen-bond donors (Lipinski definition) is 2. The minimum Gasteiger partial charge on any atom is -0.399 e. The van der Waals surface area contributed by atoms with Gasteiger partial charge in [-0.05, 0) is 61.1 Å². The molecule has 0 atom stereocenters. The molecule has 3 rings (SSSR count). The third kappa shape index (κ3) is 2.41. The maximum absolute atomic E-state index is 13.8. The van der Waals surface area contributed by atoms with Crippen LogP contribution in [0.1, 0.15) is 24.0 Å². The van der Waals surface area contributed by atoms with Gasteiger partial charge in [-0.25, -0.2) is 4.39 Å². The lowest BCUT2D eigenvalue weighted by Crippen LogP contribution is -2.06. The molecular formula is C16H17FN2. The Morgan fingerprint density at radius 3 is 2.68 bits per heavy atom. The molecule has 0 fully saturated rings. The molecule has 1 aliphatic rings. The Balaban J connectivity index is 1.95. The van der Waals surface area contributed by atoms with Gasteiger partial charge in [-0.15, -0.1) is 0 Å². The van der Waals surface area contributed by atoms with Crippen LogP contribution < -0.4 is 11.1 Å². The van der Waals surface area contributed by atoms with Gasteiger partial charge in [0.1, 0.15) is 5.82 Å². The van der Waals surface area contributed by atoms with Gasteiger partial charge in [-0.3, -0.25) is 0 Å². The van der Waals surface area contributed by atoms with Crippen molar-refractivity contribution < 1.29 is 4.39 Å². The number of hydrogen-bond acceptors (Lipinski definition) is 2. The predicted octanol–water partition coefficient (Wildman–Crippen LogP) is 4.03. The average molecular weight is 256 g/mol. The fourth-order valence-electron chi connectivity index (χ4n) is 2.68. The lowest BCUT2D eigenvalue weighted by atomic mass is 9.90. The summed E-state index contributed by atoms with van der Waals surface area (Å²) in [6, 6.07) is 11.0. The van der Waals surface area contributed by atoms with E-state index in [2.05, 4.69) is 11.4 Å². The van der Waals surface area contributed by atoms with E-state index >= 15 is 0 Å². The van der Waals surface area contributed by atoms with Gasteiger partial charge in [0.05, 0.1) is 5.69 Å². The maximum Gasteiger partial charge on any atom is 0.148 e. The molecule has 0 aliphatic heterocycles. The Kier molecular flexibility index (Phi) is 3.11. The van der Waals surface area contributed by atoms with Crippen molar-refractivity contribution in [1.82, 2.24) is 0 Å². The Labute approximate surface area is 112 Å². The minimum atomic E-state index is -0.312. The molecular weight excluding hydrogens is 239 g/mol. The van der Waals surface area contributed by atoms with Gasteiger partial charge in [0.15, 0.2) is 0 Å². The molecule has 0 spiro atoms. The van der Waals surface area contributed by atoms with Gasteiger partial charge in [0, 0.05) is 11.4 Å². The van der Waals surface area contributed by atoms with Crippen molar-refractivity contribution in [1.29, 1.82) is 0 Å². The van der Waals surface area contributed by atoms with E-state index in [1.807, 2.05) is 12.1 Å². The van der Waals surface area contributed by atoms with Gasteiger partial charge < -0.3 is 11.1 Å². The molecule has 2 nitrogen and oxygen atoms in total. The molecule has 19 heavy (non-hydrogen) atoms. The lowest BCUT2D eigenvalue weighted by molar-refractivity contribution is 0.632. The van der Waals surface area contributed by atoms with Crippen LogP contribution in [0.4, 0.5) is 21.5 Å². The fourth-order valence-corrected chi connectivity index (χ4v) is 2.68. The van der Waals surface area contributed by atoms with Crippen molar-refractivity contribution in [2.45, 2.75) is 25.7 Å². The molecule has 0 heterocycles. The second-order valence-corrected chi connectivity index (χ2v) is 5.01. The molecule has 0 saturated carbocycles. The van der Waals surface area contributed by atoms with E-state index in [-0.39, 0.29) is 5.82 Å². The van der Waals surface area contributed by atoms with Crippen molar-refractivity contribution in [3.63, 3.8) is 0 Å². The zero-order valence-corrected chi connectivity index (χ0v) is 10.7. The van der Waals surface area contributed by atoms with E-state index in [0.717, 1.165) is 18.5 Å². The molecule has 3 heteroatoms. The largest absolute Gasteiger partial charge is 0.399 e. The molecule has 0 amide bonds. The van der Waals surface area contributed by atoms with Crippen molar-refractivity contribution >= 4 is 17.1 Å². The van der Waals surface area contributed by atoms with Crippen LogP contribution in [0.25, 0.3) is 0 Å². The van der Waals surface area contributed by atoms with E-state index < -0.39 is 0 Å². The van der Waals surface area contributed by atoms with Crippen LogP contribution in [0.2, 0.25) is 0 Å². The number of nitrogens with two attached hydrogens (primary N) is 1. The highest BCUT2D eigenvalue weighted by atomic mass is 19.1. The van der Waals surface area contributed by atoms with Gasteiger partial charge in [-0.1, -0.05) is 12.1 Å². The van der Waals surface area contributed by atoms with E-state index in [4.69, 9.17) is 5.73 Å². The number of anilines is 3. The third-order valence-corrected chi connectivity index (χ3v) is 3.66. The zero-order valence-electron chi connectivity index (χ0n) is 10.7. The summed E-state index contributed by atoms with van der Waals surface area (Å²) in [7, 11) is 0. The molecule has 0 aromatic heterocycles. The summed E-state index contributed by atoms with van der Waals surface area (Å²) >= 11 is 0. The van der Waals surface area contributed by atoms with Crippen LogP contribution in [0.5, 0.6) is 0 Å². The molecule has 3 N–H and O–H groups in total. The quantitative estimate of drug-likeness (QED) is 0.796. The van der Waals surface area contributed by atoms with Gasteiger partial charge >= 0.3 is 0 Å². The summed E-state index contributed by atoms with van der Waals surface area (Å²) in [5.41, 5.74) is 10.2. The summed E-state index contributed by atoms with van der Waals surface area (Å²) in [6.07, 6.45) is 4.63. The number of fused-ring (bicyclic) bond motifs is 1. The van der Waals surface area contributed by atoms with Crippen molar-refractivity contribution in [3.8, 4) is 0 Å². The first-order valence-electron chi connectivity index (χ1n) is 6.67. The normalized spacial score (nSPS) is 13.9. The standard InChI is InChI=1S/C16H17FN2/c17-14-10-12(18)8-9-16(14)19-15-7-3-5-11-4-1-2-6-13(11)15/h3,5,7-10,19H,1-2,4,6,18H2. The highest BCUT2D eigenvalue weighted by Gasteiger charge is 2.13. The van der Waals surface area contributed by atoms with E-state index in [1.54, 1.807) is 12.1 Å². The van der Waals surface area contributed by atoms with Crippen LogP contribution in [0.3, 0.4) is 0 Å². The SMILES string of the molecule is Nc1ccc(Nc2cccc3c2CCCC3)c(F)c1. The Morgan fingerprint density at radius 1 is 1.00 bits per heavy atom. The maximum atomic E-state index is 13.8. The van der Waals surface area contributed by atoms with Crippen LogP contribution >= 0.6 is 0 Å². The number of aryl methyl sites for hydroxylation is 1. The van der Waals surface area contributed by atoms with E-state index in [9.17, 15) is 4.39 Å². The fraction of sp³-hybridized carbons (Fsp3) is 0.250. The number of rotatable bonds is 2. The van der Waals surface area contributed by atoms with Crippen LogP contribution in [-0.4, -0.2) is 0 Å². The highest BCUT2D eigenvalue weighted by Crippen LogP contribution is 2.31. The summed E-state index contributed by atoms with van der Waals surface area (Å²) in [4.78, 5) is 0. The Bertz CT molecular complexity index is 608. The number of benzene rings is 2. The summed E-state index contributed by atoms with van der Waals surface area (Å²) in [6.45, 7) is 0. The molecule has 98 valence electrons. The van der Waals surface area contributed by atoms with Crippen LogP contribution in [0.15, 0.2) is 36.4 Å². The Hall–Kier alpha value is -2.03. The van der Waals surface area contributed by atoms with E-state index in [1.165, 1.54) is 30.0 Å². The summed E-state index contributed by atoms with van der Waals surface area (Å²) in [5, 5.41) is 3.20. The second-order valence-electron chi connectivity index (χ2n) is 5.01. The first-order chi connectivity index (χ1) is 9.24. The predicted molar refractivity (Wildman–Crippen MR) is 77.2 cm³/mol. The average Bonchev–Trinajstić information content (AvgIpc) is 2.42. The third-order valence-electron chi connectivity index (χ3n) is 3.66. The molecule has 0 bridgehead atoms. The number of nitrogen functional groups attached to an aromatic ring is 1. The second kappa shape index (κ2) is 4.92. The minimum absolute atomic E-state index is 0.312. The van der Waals surface area contributed by atoms with Crippen molar-refractivity contribution in [3.05, 3.63) is 53.3 Å². The molecule has 0 saturated heterocycles. The molecule has 2 aromatic carbocycles. The topological polar surface area (TPSA) is 38.0 Å². The first-order valence-corrected chi connectivity index (χ1v) is 6.67. The number of halogens is 1. The van der Waals surface area contributed by atoms with Gasteiger partial charge in [0.2, 0.25) is 0 Å². The van der Waals surface area contributed by atoms with Crippen molar-refractivity contribution in [2.75, 3.05) is 11.1 Å². The van der Waals surface area contributed by atoms with Crippen LogP contribution in [0, 0.1) is 5.82 Å².